The molecule has 9 nitrogen and oxygen atoms in total. The Balaban J connectivity index is 1.61. The average Bonchev–Trinajstić information content (AvgIpc) is 3.22. The molecule has 0 saturated carbocycles. The number of hydrogen-bond donors (Lipinski definition) is 2. The van der Waals surface area contributed by atoms with Crippen molar-refractivity contribution in [3.63, 3.8) is 0 Å². The van der Waals surface area contributed by atoms with Gasteiger partial charge in [-0.15, -0.1) is 0 Å². The number of aromatic nitrogens is 3. The minimum absolute atomic E-state index is 0.00798. The highest BCUT2D eigenvalue weighted by molar-refractivity contribution is 5.88. The van der Waals surface area contributed by atoms with E-state index in [1.54, 1.807) is 7.05 Å². The molecule has 34 heavy (non-hydrogen) atoms. The van der Waals surface area contributed by atoms with Crippen LogP contribution in [0.5, 0.6) is 0 Å². The number of aryl methyl sites for hydroxylation is 1. The lowest BCUT2D eigenvalue weighted by Gasteiger charge is -2.47. The van der Waals surface area contributed by atoms with E-state index in [2.05, 4.69) is 40.9 Å². The molecule has 9 heteroatoms. The van der Waals surface area contributed by atoms with Crippen LogP contribution in [-0.4, -0.2) is 70.9 Å². The zero-order chi connectivity index (χ0) is 24.5. The lowest BCUT2D eigenvalue weighted by molar-refractivity contribution is -0.136. The summed E-state index contributed by atoms with van der Waals surface area (Å²) in [6.45, 7) is 13.0. The normalized spacial score (nSPS) is 17.7. The van der Waals surface area contributed by atoms with Gasteiger partial charge in [0.2, 0.25) is 17.8 Å². The minimum atomic E-state index is -0.0657. The standard InChI is InChI=1S/C25H35N7O2/c1-6-21(34)32-14-25(15-32)7-8-31(13-25)24-29-19-10-17(4)12-27-22(19)23(30-24)28-18(9-16(2)3)11-20(33)26-5/h6,10,12,16,18H,1,7-9,11,13-15H2,2-5H3,(H,26,33)(H,28,29,30)/t18-/m0/s1. The molecular formula is C25H35N7O2. The van der Waals surface area contributed by atoms with Gasteiger partial charge in [-0.1, -0.05) is 20.4 Å². The van der Waals surface area contributed by atoms with E-state index in [1.165, 1.54) is 6.08 Å². The Morgan fingerprint density at radius 2 is 2.03 bits per heavy atom. The van der Waals surface area contributed by atoms with E-state index in [9.17, 15) is 9.59 Å². The molecule has 1 atom stereocenters. The van der Waals surface area contributed by atoms with Crippen molar-refractivity contribution in [3.8, 4) is 0 Å². The summed E-state index contributed by atoms with van der Waals surface area (Å²) in [6.07, 6.45) is 5.39. The number of carbonyl (C=O) groups excluding carboxylic acids is 2. The van der Waals surface area contributed by atoms with Crippen LogP contribution >= 0.6 is 0 Å². The van der Waals surface area contributed by atoms with E-state index in [4.69, 9.17) is 9.97 Å². The first-order chi connectivity index (χ1) is 16.2. The number of fused-ring (bicyclic) bond motifs is 1. The van der Waals surface area contributed by atoms with Crippen LogP contribution in [0.25, 0.3) is 11.0 Å². The van der Waals surface area contributed by atoms with Gasteiger partial charge in [0.15, 0.2) is 5.82 Å². The van der Waals surface area contributed by atoms with Crippen LogP contribution in [0.2, 0.25) is 0 Å². The molecular weight excluding hydrogens is 430 g/mol. The molecule has 2 amide bonds. The second-order valence-electron chi connectivity index (χ2n) is 10.2. The van der Waals surface area contributed by atoms with E-state index in [0.29, 0.717) is 29.6 Å². The number of nitrogens with one attached hydrogen (secondary N) is 2. The smallest absolute Gasteiger partial charge is 0.245 e. The van der Waals surface area contributed by atoms with Crippen molar-refractivity contribution in [2.75, 3.05) is 43.4 Å². The second kappa shape index (κ2) is 9.56. The molecule has 4 heterocycles. The Morgan fingerprint density at radius 1 is 1.26 bits per heavy atom. The van der Waals surface area contributed by atoms with Crippen LogP contribution in [0.1, 0.15) is 38.7 Å². The van der Waals surface area contributed by atoms with E-state index in [0.717, 1.165) is 50.1 Å². The summed E-state index contributed by atoms with van der Waals surface area (Å²) in [4.78, 5) is 42.5. The topological polar surface area (TPSA) is 103 Å². The third kappa shape index (κ3) is 4.98. The first-order valence-corrected chi connectivity index (χ1v) is 12.0. The van der Waals surface area contributed by atoms with Crippen molar-refractivity contribution in [2.24, 2.45) is 11.3 Å². The van der Waals surface area contributed by atoms with Crippen LogP contribution in [0.3, 0.4) is 0 Å². The first-order valence-electron chi connectivity index (χ1n) is 12.0. The van der Waals surface area contributed by atoms with Crippen molar-refractivity contribution in [1.29, 1.82) is 0 Å². The molecule has 0 radical (unpaired) electrons. The van der Waals surface area contributed by atoms with Gasteiger partial charge in [-0.05, 0) is 43.4 Å². The molecule has 4 rings (SSSR count). The molecule has 2 aromatic rings. The maximum atomic E-state index is 12.1. The summed E-state index contributed by atoms with van der Waals surface area (Å²) >= 11 is 0. The zero-order valence-electron chi connectivity index (χ0n) is 20.6. The van der Waals surface area contributed by atoms with Crippen LogP contribution in [0.4, 0.5) is 11.8 Å². The van der Waals surface area contributed by atoms with Gasteiger partial charge in [-0.3, -0.25) is 14.6 Å². The molecule has 2 aliphatic heterocycles. The monoisotopic (exact) mass is 465 g/mol. The highest BCUT2D eigenvalue weighted by Crippen LogP contribution is 2.41. The van der Waals surface area contributed by atoms with E-state index >= 15 is 0 Å². The number of nitrogens with zero attached hydrogens (tertiary/aromatic N) is 5. The van der Waals surface area contributed by atoms with Crippen molar-refractivity contribution in [3.05, 3.63) is 30.5 Å². The maximum absolute atomic E-state index is 12.1. The van der Waals surface area contributed by atoms with Gasteiger partial charge in [-0.2, -0.15) is 4.98 Å². The van der Waals surface area contributed by atoms with Gasteiger partial charge < -0.3 is 20.4 Å². The Morgan fingerprint density at radius 3 is 2.71 bits per heavy atom. The van der Waals surface area contributed by atoms with Crippen LogP contribution in [0, 0.1) is 18.3 Å². The highest BCUT2D eigenvalue weighted by Gasteiger charge is 2.49. The fourth-order valence-electron chi connectivity index (χ4n) is 5.04. The average molecular weight is 466 g/mol. The van der Waals surface area contributed by atoms with Gasteiger partial charge >= 0.3 is 0 Å². The molecule has 0 aliphatic carbocycles. The van der Waals surface area contributed by atoms with Gasteiger partial charge in [0, 0.05) is 57.3 Å². The summed E-state index contributed by atoms with van der Waals surface area (Å²) in [5.41, 5.74) is 2.62. The lowest BCUT2D eigenvalue weighted by Crippen LogP contribution is -2.59. The van der Waals surface area contributed by atoms with Gasteiger partial charge in [0.05, 0.1) is 5.52 Å². The molecule has 182 valence electrons. The van der Waals surface area contributed by atoms with Crippen molar-refractivity contribution >= 4 is 34.6 Å². The molecule has 0 unspecified atom stereocenters. The fourth-order valence-corrected chi connectivity index (χ4v) is 5.04. The number of likely N-dealkylation sites (tertiary alicyclic amines) is 1. The lowest BCUT2D eigenvalue weighted by atomic mass is 9.79. The van der Waals surface area contributed by atoms with E-state index in [-0.39, 0.29) is 23.3 Å². The van der Waals surface area contributed by atoms with Crippen LogP contribution in [-0.2, 0) is 9.59 Å². The largest absolute Gasteiger partial charge is 0.365 e. The third-order valence-electron chi connectivity index (χ3n) is 6.73. The molecule has 2 saturated heterocycles. The Labute approximate surface area is 201 Å². The molecule has 0 aromatic carbocycles. The SMILES string of the molecule is C=CC(=O)N1CC2(CCN(c3nc(N[C@H](CC(=O)NC)CC(C)C)c4ncc(C)cc4n3)C2)C1. The number of amides is 2. The van der Waals surface area contributed by atoms with Gasteiger partial charge in [0.1, 0.15) is 5.52 Å². The van der Waals surface area contributed by atoms with Crippen molar-refractivity contribution < 1.29 is 9.59 Å². The number of pyridine rings is 1. The molecule has 2 fully saturated rings. The molecule has 2 aliphatic rings. The minimum Gasteiger partial charge on any atom is -0.365 e. The predicted molar refractivity (Wildman–Crippen MR) is 134 cm³/mol. The molecule has 1 spiro atoms. The second-order valence-corrected chi connectivity index (χ2v) is 10.2. The number of anilines is 2. The fraction of sp³-hybridized carbons (Fsp3) is 0.560. The van der Waals surface area contributed by atoms with Crippen molar-refractivity contribution in [2.45, 2.75) is 46.1 Å². The first kappa shape index (κ1) is 23.9. The van der Waals surface area contributed by atoms with Crippen LogP contribution in [0.15, 0.2) is 24.9 Å². The summed E-state index contributed by atoms with van der Waals surface area (Å²) < 4.78 is 0. The predicted octanol–water partition coefficient (Wildman–Crippen LogP) is 2.52. The number of hydrogen-bond acceptors (Lipinski definition) is 7. The highest BCUT2D eigenvalue weighted by atomic mass is 16.2. The van der Waals surface area contributed by atoms with E-state index < -0.39 is 0 Å². The Kier molecular flexibility index (Phi) is 6.72. The Hall–Kier alpha value is -3.23. The third-order valence-corrected chi connectivity index (χ3v) is 6.73. The molecule has 0 bridgehead atoms. The summed E-state index contributed by atoms with van der Waals surface area (Å²) in [6, 6.07) is 1.96. The maximum Gasteiger partial charge on any atom is 0.245 e. The summed E-state index contributed by atoms with van der Waals surface area (Å²) in [7, 11) is 1.66. The van der Waals surface area contributed by atoms with Gasteiger partial charge in [-0.25, -0.2) is 4.98 Å². The summed E-state index contributed by atoms with van der Waals surface area (Å²) in [5, 5.41) is 6.24. The van der Waals surface area contributed by atoms with Crippen LogP contribution < -0.4 is 15.5 Å². The summed E-state index contributed by atoms with van der Waals surface area (Å²) in [5.74, 6) is 1.73. The Bertz CT molecular complexity index is 1090. The van der Waals surface area contributed by atoms with Crippen molar-refractivity contribution in [1.82, 2.24) is 25.2 Å². The molecule has 2 aromatic heterocycles. The van der Waals surface area contributed by atoms with Gasteiger partial charge in [0.25, 0.3) is 0 Å². The zero-order valence-corrected chi connectivity index (χ0v) is 20.6. The number of rotatable bonds is 8. The molecule has 2 N–H and O–H groups in total. The number of carbonyl (C=O) groups is 2. The quantitative estimate of drug-likeness (QED) is 0.578. The van der Waals surface area contributed by atoms with E-state index in [1.807, 2.05) is 24.1 Å².